The maximum absolute atomic E-state index is 11.3. The minimum atomic E-state index is -0.510. The van der Waals surface area contributed by atoms with Gasteiger partial charge >= 0.3 is 6.09 Å². The van der Waals surface area contributed by atoms with Crippen LogP contribution < -0.4 is 5.32 Å². The van der Waals surface area contributed by atoms with Gasteiger partial charge in [0.1, 0.15) is 10.8 Å². The molecular weight excluding hydrogens is 252 g/mol. The van der Waals surface area contributed by atoms with Crippen molar-refractivity contribution in [3.8, 4) is 11.8 Å². The highest BCUT2D eigenvalue weighted by Crippen LogP contribution is 2.09. The summed E-state index contributed by atoms with van der Waals surface area (Å²) in [5.41, 5.74) is 0.120. The molecule has 1 rings (SSSR count). The molecule has 96 valence electrons. The first-order valence-corrected chi connectivity index (χ1v) is 5.82. The summed E-state index contributed by atoms with van der Waals surface area (Å²) in [5, 5.41) is 2.88. The molecule has 0 saturated heterocycles. The van der Waals surface area contributed by atoms with Gasteiger partial charge in [0.15, 0.2) is 0 Å². The highest BCUT2D eigenvalue weighted by atomic mass is 35.5. The molecule has 0 aromatic carbocycles. The molecule has 0 aliphatic heterocycles. The van der Waals surface area contributed by atoms with Crippen molar-refractivity contribution >= 4 is 17.7 Å². The summed E-state index contributed by atoms with van der Waals surface area (Å²) < 4.78 is 5.06. The fraction of sp³-hybridized carbons (Fsp3) is 0.385. The fourth-order valence-corrected chi connectivity index (χ4v) is 1.22. The average molecular weight is 267 g/mol. The number of amides is 1. The van der Waals surface area contributed by atoms with Crippen molar-refractivity contribution in [1.29, 1.82) is 0 Å². The second kappa shape index (κ2) is 6.27. The van der Waals surface area contributed by atoms with Crippen LogP contribution in [0, 0.1) is 11.8 Å². The Labute approximate surface area is 112 Å². The molecule has 1 amide bonds. The third kappa shape index (κ3) is 5.55. The van der Waals surface area contributed by atoms with Gasteiger partial charge in [-0.3, -0.25) is 0 Å². The van der Waals surface area contributed by atoms with Gasteiger partial charge in [0.25, 0.3) is 0 Å². The van der Waals surface area contributed by atoms with Gasteiger partial charge in [-0.1, -0.05) is 23.4 Å². The van der Waals surface area contributed by atoms with Crippen LogP contribution in [0.15, 0.2) is 18.3 Å². The number of pyridine rings is 1. The average Bonchev–Trinajstić information content (AvgIpc) is 2.24. The zero-order valence-corrected chi connectivity index (χ0v) is 11.3. The Morgan fingerprint density at radius 1 is 1.56 bits per heavy atom. The highest BCUT2D eigenvalue weighted by molar-refractivity contribution is 6.30. The first kappa shape index (κ1) is 14.3. The van der Waals surface area contributed by atoms with Crippen LogP contribution in [0.4, 0.5) is 4.79 Å². The molecule has 0 fully saturated rings. The van der Waals surface area contributed by atoms with E-state index in [1.807, 2.05) is 0 Å². The summed E-state index contributed by atoms with van der Waals surface area (Å²) in [5.74, 6) is 5.59. The quantitative estimate of drug-likeness (QED) is 0.628. The van der Waals surface area contributed by atoms with Crippen molar-refractivity contribution in [3.63, 3.8) is 0 Å². The molecule has 0 bridgehead atoms. The molecule has 1 N–H and O–H groups in total. The van der Waals surface area contributed by atoms with Crippen molar-refractivity contribution in [2.24, 2.45) is 0 Å². The van der Waals surface area contributed by atoms with Crippen LogP contribution in [0.3, 0.4) is 0 Å². The van der Waals surface area contributed by atoms with Gasteiger partial charge in [-0.15, -0.1) is 0 Å². The number of carbonyl (C=O) groups excluding carboxylic acids is 1. The lowest BCUT2D eigenvalue weighted by Crippen LogP contribution is -2.32. The summed E-state index contributed by atoms with van der Waals surface area (Å²) in [7, 11) is 0. The Morgan fingerprint density at radius 3 is 2.89 bits per heavy atom. The number of halogens is 1. The third-order valence-electron chi connectivity index (χ3n) is 1.70. The molecule has 1 heterocycles. The Bertz CT molecular complexity index is 484. The first-order valence-electron chi connectivity index (χ1n) is 5.45. The maximum atomic E-state index is 11.3. The number of nitrogens with zero attached hydrogens (tertiary/aromatic N) is 1. The van der Waals surface area contributed by atoms with E-state index in [1.165, 1.54) is 0 Å². The van der Waals surface area contributed by atoms with Crippen LogP contribution >= 0.6 is 11.6 Å². The molecule has 0 radical (unpaired) electrons. The molecule has 0 unspecified atom stereocenters. The van der Waals surface area contributed by atoms with Crippen molar-refractivity contribution in [2.45, 2.75) is 26.4 Å². The van der Waals surface area contributed by atoms with Gasteiger partial charge in [0, 0.05) is 6.20 Å². The van der Waals surface area contributed by atoms with Crippen LogP contribution in [0.25, 0.3) is 0 Å². The van der Waals surface area contributed by atoms with E-state index in [4.69, 9.17) is 16.3 Å². The van der Waals surface area contributed by atoms with Crippen LogP contribution in [-0.4, -0.2) is 23.2 Å². The maximum Gasteiger partial charge on any atom is 0.408 e. The van der Waals surface area contributed by atoms with E-state index in [0.717, 1.165) is 0 Å². The smallest absolute Gasteiger partial charge is 0.408 e. The summed E-state index contributed by atoms with van der Waals surface area (Å²) in [6, 6.07) is 3.51. The number of rotatable bonds is 1. The number of hydrogen-bond acceptors (Lipinski definition) is 3. The predicted molar refractivity (Wildman–Crippen MR) is 70.4 cm³/mol. The van der Waals surface area contributed by atoms with E-state index < -0.39 is 11.7 Å². The van der Waals surface area contributed by atoms with Crippen molar-refractivity contribution in [1.82, 2.24) is 10.3 Å². The van der Waals surface area contributed by atoms with E-state index in [9.17, 15) is 4.79 Å². The molecule has 5 heteroatoms. The minimum absolute atomic E-state index is 0.195. The summed E-state index contributed by atoms with van der Waals surface area (Å²) in [4.78, 5) is 15.2. The predicted octanol–water partition coefficient (Wildman–Crippen LogP) is 2.61. The zero-order chi connectivity index (χ0) is 13.6. The molecule has 18 heavy (non-hydrogen) atoms. The van der Waals surface area contributed by atoms with Gasteiger partial charge < -0.3 is 10.1 Å². The second-order valence-corrected chi connectivity index (χ2v) is 4.86. The van der Waals surface area contributed by atoms with E-state index in [1.54, 1.807) is 39.1 Å². The second-order valence-electron chi connectivity index (χ2n) is 4.50. The van der Waals surface area contributed by atoms with E-state index in [-0.39, 0.29) is 6.54 Å². The lowest BCUT2D eigenvalue weighted by molar-refractivity contribution is 0.0535. The van der Waals surface area contributed by atoms with Gasteiger partial charge in [-0.05, 0) is 32.9 Å². The molecule has 0 atom stereocenters. The van der Waals surface area contributed by atoms with Crippen LogP contribution in [0.2, 0.25) is 5.15 Å². The first-order chi connectivity index (χ1) is 8.38. The normalized spacial score (nSPS) is 10.2. The molecule has 0 saturated carbocycles. The lowest BCUT2D eigenvalue weighted by atomic mass is 10.2. The zero-order valence-electron chi connectivity index (χ0n) is 10.6. The molecular formula is C13H15ClN2O2. The van der Waals surface area contributed by atoms with Gasteiger partial charge in [0.2, 0.25) is 0 Å². The number of alkyl carbamates (subject to hydrolysis) is 1. The van der Waals surface area contributed by atoms with E-state index in [2.05, 4.69) is 22.1 Å². The minimum Gasteiger partial charge on any atom is -0.444 e. The number of ether oxygens (including phenoxy) is 1. The third-order valence-corrected chi connectivity index (χ3v) is 2.00. The lowest BCUT2D eigenvalue weighted by Gasteiger charge is -2.18. The standard InChI is InChI=1S/C13H15ClN2O2/c1-13(2,3)18-12(17)16-9-5-7-10-6-4-8-15-11(10)14/h4,6,8H,9H2,1-3H3,(H,16,17). The summed E-state index contributed by atoms with van der Waals surface area (Å²) >= 11 is 5.83. The highest BCUT2D eigenvalue weighted by Gasteiger charge is 2.14. The topological polar surface area (TPSA) is 51.2 Å². The molecule has 4 nitrogen and oxygen atoms in total. The number of hydrogen-bond donors (Lipinski definition) is 1. The molecule has 1 aromatic rings. The van der Waals surface area contributed by atoms with Crippen LogP contribution in [0.1, 0.15) is 26.3 Å². The van der Waals surface area contributed by atoms with Gasteiger partial charge in [-0.25, -0.2) is 9.78 Å². The summed E-state index contributed by atoms with van der Waals surface area (Å²) in [6.45, 7) is 5.59. The number of aromatic nitrogens is 1. The SMILES string of the molecule is CC(C)(C)OC(=O)NCC#Cc1cccnc1Cl. The Hall–Kier alpha value is -1.73. The van der Waals surface area contributed by atoms with Crippen LogP contribution in [-0.2, 0) is 4.74 Å². The van der Waals surface area contributed by atoms with Gasteiger partial charge in [-0.2, -0.15) is 0 Å². The monoisotopic (exact) mass is 266 g/mol. The van der Waals surface area contributed by atoms with Crippen molar-refractivity contribution in [2.75, 3.05) is 6.54 Å². The number of carbonyl (C=O) groups is 1. The van der Waals surface area contributed by atoms with Gasteiger partial charge in [0.05, 0.1) is 12.1 Å². The van der Waals surface area contributed by atoms with E-state index >= 15 is 0 Å². The molecule has 0 aliphatic carbocycles. The fourth-order valence-electron chi connectivity index (χ4n) is 1.05. The Balaban J connectivity index is 2.44. The molecule has 0 aliphatic rings. The summed E-state index contributed by atoms with van der Waals surface area (Å²) in [6.07, 6.45) is 1.10. The molecule has 0 spiro atoms. The largest absolute Gasteiger partial charge is 0.444 e. The van der Waals surface area contributed by atoms with Crippen molar-refractivity contribution < 1.29 is 9.53 Å². The van der Waals surface area contributed by atoms with Crippen molar-refractivity contribution in [3.05, 3.63) is 29.0 Å². The van der Waals surface area contributed by atoms with Crippen LogP contribution in [0.5, 0.6) is 0 Å². The Kier molecular flexibility index (Phi) is 4.99. The van der Waals surface area contributed by atoms with E-state index in [0.29, 0.717) is 10.7 Å². The number of nitrogens with one attached hydrogen (secondary N) is 1. The Morgan fingerprint density at radius 2 is 2.28 bits per heavy atom. The molecule has 1 aromatic heterocycles.